The molecular formula is C20H28IN3O. The lowest BCUT2D eigenvalue weighted by atomic mass is 9.48. The number of nitrogens with zero attached hydrogens (tertiary/aromatic N) is 3. The Balaban J connectivity index is 1.53. The number of rotatable bonds is 3. The molecule has 0 aromatic carbocycles. The lowest BCUT2D eigenvalue weighted by molar-refractivity contribution is -0.0397. The Kier molecular flexibility index (Phi) is 4.70. The molecule has 0 heterocycles. The van der Waals surface area contributed by atoms with E-state index in [2.05, 4.69) is 58.6 Å². The molecule has 0 radical (unpaired) electrons. The normalized spacial score (nSPS) is 45.4. The fourth-order valence-corrected chi connectivity index (χ4v) is 7.37. The van der Waals surface area contributed by atoms with Crippen LogP contribution in [0.3, 0.4) is 0 Å². The molecule has 5 heteroatoms. The highest BCUT2D eigenvalue weighted by atomic mass is 127. The van der Waals surface area contributed by atoms with Crippen molar-refractivity contribution in [2.75, 3.05) is 6.73 Å². The van der Waals surface area contributed by atoms with E-state index < -0.39 is 0 Å². The van der Waals surface area contributed by atoms with E-state index in [9.17, 15) is 0 Å². The molecule has 2 fully saturated rings. The predicted molar refractivity (Wildman–Crippen MR) is 108 cm³/mol. The third kappa shape index (κ3) is 2.78. The van der Waals surface area contributed by atoms with Crippen LogP contribution in [-0.2, 0) is 4.74 Å². The number of azide groups is 1. The highest BCUT2D eigenvalue weighted by Crippen LogP contribution is 2.65. The third-order valence-electron chi connectivity index (χ3n) is 7.98. The van der Waals surface area contributed by atoms with Gasteiger partial charge in [0.2, 0.25) is 0 Å². The van der Waals surface area contributed by atoms with Crippen LogP contribution in [0.2, 0.25) is 0 Å². The van der Waals surface area contributed by atoms with Gasteiger partial charge in [0, 0.05) is 10.3 Å². The summed E-state index contributed by atoms with van der Waals surface area (Å²) in [6, 6.07) is 0. The van der Waals surface area contributed by atoms with Gasteiger partial charge in [-0.15, -0.1) is 0 Å². The van der Waals surface area contributed by atoms with Crippen LogP contribution in [0.15, 0.2) is 26.4 Å². The Bertz CT molecular complexity index is 668. The van der Waals surface area contributed by atoms with E-state index in [1.54, 1.807) is 9.15 Å². The van der Waals surface area contributed by atoms with Crippen molar-refractivity contribution in [3.8, 4) is 0 Å². The van der Waals surface area contributed by atoms with Gasteiger partial charge in [-0.1, -0.05) is 36.7 Å². The molecule has 0 amide bonds. The average Bonchev–Trinajstić information content (AvgIpc) is 2.90. The highest BCUT2D eigenvalue weighted by Gasteiger charge is 2.56. The van der Waals surface area contributed by atoms with Crippen molar-refractivity contribution in [3.05, 3.63) is 31.7 Å². The number of hydrogen-bond acceptors (Lipinski definition) is 2. The Morgan fingerprint density at radius 2 is 2.00 bits per heavy atom. The molecule has 4 rings (SSSR count). The van der Waals surface area contributed by atoms with Gasteiger partial charge in [0.15, 0.2) is 0 Å². The van der Waals surface area contributed by atoms with Crippen LogP contribution in [0, 0.1) is 28.6 Å². The maximum atomic E-state index is 8.43. The van der Waals surface area contributed by atoms with Crippen molar-refractivity contribution in [3.63, 3.8) is 0 Å². The standard InChI is InChI=1S/C20H28IN3O/c1-19-9-7-14(25-12-23-24-22)11-13(19)3-4-15-16-5-6-18(21)20(16,2)10-8-17(15)19/h3,6,14-17H,4-5,7-12H2,1-2H3/t14-,15-,16-,17?,19-,20-/m0/s1. The first kappa shape index (κ1) is 17.9. The smallest absolute Gasteiger partial charge is 0.126 e. The second-order valence-corrected chi connectivity index (χ2v) is 10.1. The second kappa shape index (κ2) is 6.58. The van der Waals surface area contributed by atoms with Crippen molar-refractivity contribution in [1.82, 2.24) is 0 Å². The molecule has 4 aliphatic carbocycles. The number of hydrogen-bond donors (Lipinski definition) is 0. The molecule has 0 bridgehead atoms. The lowest BCUT2D eigenvalue weighted by Crippen LogP contribution is -2.49. The zero-order valence-corrected chi connectivity index (χ0v) is 17.4. The lowest BCUT2D eigenvalue weighted by Gasteiger charge is -2.57. The van der Waals surface area contributed by atoms with E-state index in [0.717, 1.165) is 30.6 Å². The zero-order valence-electron chi connectivity index (χ0n) is 15.2. The van der Waals surface area contributed by atoms with Crippen molar-refractivity contribution in [1.29, 1.82) is 0 Å². The maximum absolute atomic E-state index is 8.43. The molecule has 4 nitrogen and oxygen atoms in total. The van der Waals surface area contributed by atoms with Gasteiger partial charge in [0.1, 0.15) is 6.73 Å². The molecular weight excluding hydrogens is 425 g/mol. The number of halogens is 1. The predicted octanol–water partition coefficient (Wildman–Crippen LogP) is 6.53. The first-order chi connectivity index (χ1) is 12.0. The molecule has 0 spiro atoms. The van der Waals surface area contributed by atoms with E-state index in [0.29, 0.717) is 10.8 Å². The van der Waals surface area contributed by atoms with Gasteiger partial charge in [-0.25, -0.2) is 0 Å². The maximum Gasteiger partial charge on any atom is 0.126 e. The summed E-state index contributed by atoms with van der Waals surface area (Å²) in [5.41, 5.74) is 10.9. The number of fused-ring (bicyclic) bond motifs is 5. The Hall–Kier alpha value is -0.520. The minimum Gasteiger partial charge on any atom is -0.372 e. The molecule has 0 aromatic heterocycles. The summed E-state index contributed by atoms with van der Waals surface area (Å²) >= 11 is 2.60. The molecule has 25 heavy (non-hydrogen) atoms. The molecule has 0 aromatic rings. The van der Waals surface area contributed by atoms with Gasteiger partial charge >= 0.3 is 0 Å². The number of allylic oxidation sites excluding steroid dienone is 3. The van der Waals surface area contributed by atoms with Gasteiger partial charge in [0.25, 0.3) is 0 Å². The summed E-state index contributed by atoms with van der Waals surface area (Å²) in [5, 5.41) is 3.54. The third-order valence-corrected chi connectivity index (χ3v) is 9.65. The Morgan fingerprint density at radius 1 is 1.20 bits per heavy atom. The van der Waals surface area contributed by atoms with Crippen LogP contribution in [-0.4, -0.2) is 12.8 Å². The average molecular weight is 453 g/mol. The SMILES string of the molecule is C[C@]12CC[C@H](OCN=[N+]=[N-])CC1=CC[C@@H]1C2CC[C@]2(C)C(I)=CC[C@@H]12. The monoisotopic (exact) mass is 453 g/mol. The van der Waals surface area contributed by atoms with Crippen LogP contribution in [0.4, 0.5) is 0 Å². The van der Waals surface area contributed by atoms with Crippen molar-refractivity contribution < 1.29 is 4.74 Å². The van der Waals surface area contributed by atoms with Gasteiger partial charge in [-0.3, -0.25) is 0 Å². The molecule has 1 unspecified atom stereocenters. The fraction of sp³-hybridized carbons (Fsp3) is 0.800. The zero-order chi connectivity index (χ0) is 17.7. The highest BCUT2D eigenvalue weighted by molar-refractivity contribution is 14.1. The summed E-state index contributed by atoms with van der Waals surface area (Å²) in [6.45, 7) is 5.21. The summed E-state index contributed by atoms with van der Waals surface area (Å²) in [6.07, 6.45) is 13.9. The Labute approximate surface area is 164 Å². The topological polar surface area (TPSA) is 58.0 Å². The molecule has 4 aliphatic rings. The Morgan fingerprint density at radius 3 is 2.80 bits per heavy atom. The fourth-order valence-electron chi connectivity index (χ4n) is 6.45. The quantitative estimate of drug-likeness (QED) is 0.158. The van der Waals surface area contributed by atoms with Gasteiger partial charge < -0.3 is 4.74 Å². The molecule has 136 valence electrons. The summed E-state index contributed by atoms with van der Waals surface area (Å²) in [5.74, 6) is 2.52. The largest absolute Gasteiger partial charge is 0.372 e. The minimum absolute atomic E-state index is 0.168. The first-order valence-electron chi connectivity index (χ1n) is 9.67. The molecule has 0 N–H and O–H groups in total. The molecule has 0 saturated heterocycles. The number of ether oxygens (including phenoxy) is 1. The summed E-state index contributed by atoms with van der Waals surface area (Å²) in [4.78, 5) is 2.79. The van der Waals surface area contributed by atoms with Crippen molar-refractivity contribution >= 4 is 22.6 Å². The van der Waals surface area contributed by atoms with E-state index in [1.165, 1.54) is 32.1 Å². The summed E-state index contributed by atoms with van der Waals surface area (Å²) < 4.78 is 7.40. The van der Waals surface area contributed by atoms with Crippen LogP contribution >= 0.6 is 22.6 Å². The van der Waals surface area contributed by atoms with Crippen molar-refractivity contribution in [2.45, 2.75) is 64.9 Å². The van der Waals surface area contributed by atoms with Gasteiger partial charge in [0.05, 0.1) is 6.10 Å². The van der Waals surface area contributed by atoms with Gasteiger partial charge in [-0.2, -0.15) is 0 Å². The molecule has 6 atom stereocenters. The van der Waals surface area contributed by atoms with Crippen LogP contribution in [0.5, 0.6) is 0 Å². The van der Waals surface area contributed by atoms with E-state index in [4.69, 9.17) is 10.3 Å². The van der Waals surface area contributed by atoms with Crippen LogP contribution in [0.25, 0.3) is 10.4 Å². The van der Waals surface area contributed by atoms with E-state index in [-0.39, 0.29) is 12.8 Å². The summed E-state index contributed by atoms with van der Waals surface area (Å²) in [7, 11) is 0. The van der Waals surface area contributed by atoms with Gasteiger partial charge in [-0.05, 0) is 99.8 Å². The van der Waals surface area contributed by atoms with Crippen molar-refractivity contribution in [2.24, 2.45) is 33.7 Å². The van der Waals surface area contributed by atoms with E-state index in [1.807, 2.05) is 0 Å². The first-order valence-corrected chi connectivity index (χ1v) is 10.7. The second-order valence-electron chi connectivity index (χ2n) is 8.89. The van der Waals surface area contributed by atoms with Crippen LogP contribution < -0.4 is 0 Å². The molecule has 0 aliphatic heterocycles. The van der Waals surface area contributed by atoms with Crippen LogP contribution in [0.1, 0.15) is 58.8 Å². The van der Waals surface area contributed by atoms with E-state index >= 15 is 0 Å². The minimum atomic E-state index is 0.168. The molecule has 2 saturated carbocycles.